The molecule has 0 fully saturated rings. The first kappa shape index (κ1) is 15.9. The molecule has 0 saturated heterocycles. The number of hydrogen-bond acceptors (Lipinski definition) is 5. The van der Waals surface area contributed by atoms with Gasteiger partial charge in [0.2, 0.25) is 5.91 Å². The number of ether oxygens (including phenoxy) is 1. The van der Waals surface area contributed by atoms with E-state index in [9.17, 15) is 14.4 Å². The molecule has 2 atom stereocenters. The van der Waals surface area contributed by atoms with Gasteiger partial charge in [0.15, 0.2) is 0 Å². The molecule has 0 rings (SSSR count). The second-order valence-electron chi connectivity index (χ2n) is 3.53. The van der Waals surface area contributed by atoms with Crippen molar-refractivity contribution in [2.24, 2.45) is 5.73 Å². The number of rotatable bonds is 7. The van der Waals surface area contributed by atoms with Crippen LogP contribution in [0.15, 0.2) is 0 Å². The molecule has 7 nitrogen and oxygen atoms in total. The number of carbonyl (C=O) groups is 3. The Balaban J connectivity index is 4.36. The van der Waals surface area contributed by atoms with Gasteiger partial charge in [0.1, 0.15) is 6.04 Å². The molecule has 0 saturated carbocycles. The van der Waals surface area contributed by atoms with Crippen LogP contribution in [-0.2, 0) is 19.1 Å². The molecule has 0 heterocycles. The summed E-state index contributed by atoms with van der Waals surface area (Å²) in [6, 6.07) is -2.16. The lowest BCUT2D eigenvalue weighted by molar-refractivity contribution is -0.144. The largest absolute Gasteiger partial charge is 0.480 e. The first-order chi connectivity index (χ1) is 8.42. The summed E-state index contributed by atoms with van der Waals surface area (Å²) in [5, 5.41) is 11.1. The molecule has 0 aromatic rings. The van der Waals surface area contributed by atoms with E-state index in [0.717, 1.165) is 0 Å². The van der Waals surface area contributed by atoms with Gasteiger partial charge in [-0.1, -0.05) is 0 Å². The molecule has 18 heavy (non-hydrogen) atoms. The van der Waals surface area contributed by atoms with Crippen LogP contribution in [0.1, 0.15) is 19.3 Å². The summed E-state index contributed by atoms with van der Waals surface area (Å²) in [6.45, 7) is 0. The molecule has 0 aliphatic heterocycles. The summed E-state index contributed by atoms with van der Waals surface area (Å²) in [7, 11) is 1.19. The van der Waals surface area contributed by atoms with Gasteiger partial charge in [-0.05, 0) is 6.42 Å². The number of esters is 1. The number of aliphatic carboxylic acids is 1. The Labute approximate surface area is 105 Å². The van der Waals surface area contributed by atoms with Crippen LogP contribution < -0.4 is 11.1 Å². The van der Waals surface area contributed by atoms with Gasteiger partial charge in [0, 0.05) is 12.8 Å². The number of carboxylic acids is 1. The van der Waals surface area contributed by atoms with Crippen molar-refractivity contribution in [1.82, 2.24) is 5.32 Å². The number of amides is 1. The molecule has 4 N–H and O–H groups in total. The topological polar surface area (TPSA) is 119 Å². The van der Waals surface area contributed by atoms with Crippen LogP contribution in [0.3, 0.4) is 0 Å². The smallest absolute Gasteiger partial charge is 0.326 e. The van der Waals surface area contributed by atoms with E-state index in [0.29, 0.717) is 0 Å². The summed E-state index contributed by atoms with van der Waals surface area (Å²) in [5.41, 5.74) is 5.42. The molecule has 2 unspecified atom stereocenters. The monoisotopic (exact) mass is 256 g/mol. The number of carbonyl (C=O) groups excluding carboxylic acids is 2. The fraction of sp³-hybridized carbons (Fsp3) is 0.545. The summed E-state index contributed by atoms with van der Waals surface area (Å²) in [4.78, 5) is 33.2. The van der Waals surface area contributed by atoms with Crippen LogP contribution >= 0.6 is 0 Å². The summed E-state index contributed by atoms with van der Waals surface area (Å²) < 4.78 is 4.38. The van der Waals surface area contributed by atoms with Crippen molar-refractivity contribution in [2.45, 2.75) is 31.3 Å². The lowest BCUT2D eigenvalue weighted by Crippen LogP contribution is -2.48. The lowest BCUT2D eigenvalue weighted by atomic mass is 10.1. The predicted octanol–water partition coefficient (Wildman–Crippen LogP) is -1.14. The van der Waals surface area contributed by atoms with Crippen molar-refractivity contribution in [3.63, 3.8) is 0 Å². The minimum absolute atomic E-state index is 0.00910. The van der Waals surface area contributed by atoms with Gasteiger partial charge in [0.25, 0.3) is 0 Å². The quantitative estimate of drug-likeness (QED) is 0.391. The van der Waals surface area contributed by atoms with E-state index >= 15 is 0 Å². The fourth-order valence-corrected chi connectivity index (χ4v) is 1.12. The van der Waals surface area contributed by atoms with Gasteiger partial charge < -0.3 is 20.9 Å². The third kappa shape index (κ3) is 5.86. The number of methoxy groups -OCH3 is 1. The molecule has 0 aromatic carbocycles. The SMILES string of the molecule is C#CCC(N)C(=O)NC(CCC(=O)OC)C(=O)O. The molecule has 0 aromatic heterocycles. The van der Waals surface area contributed by atoms with Crippen LogP contribution in [0.25, 0.3) is 0 Å². The third-order valence-electron chi connectivity index (χ3n) is 2.15. The second-order valence-corrected chi connectivity index (χ2v) is 3.53. The van der Waals surface area contributed by atoms with Crippen molar-refractivity contribution >= 4 is 17.8 Å². The number of terminal acetylenes is 1. The Kier molecular flexibility index (Phi) is 7.15. The van der Waals surface area contributed by atoms with Crippen molar-refractivity contribution in [1.29, 1.82) is 0 Å². The average molecular weight is 256 g/mol. The fourth-order valence-electron chi connectivity index (χ4n) is 1.12. The molecule has 1 amide bonds. The van der Waals surface area contributed by atoms with Crippen LogP contribution in [-0.4, -0.2) is 42.1 Å². The molecule has 7 heteroatoms. The Hall–Kier alpha value is -2.07. The van der Waals surface area contributed by atoms with E-state index < -0.39 is 29.9 Å². The zero-order valence-electron chi connectivity index (χ0n) is 10.0. The predicted molar refractivity (Wildman–Crippen MR) is 62.2 cm³/mol. The van der Waals surface area contributed by atoms with Crippen LogP contribution in [0.5, 0.6) is 0 Å². The lowest BCUT2D eigenvalue weighted by Gasteiger charge is -2.16. The molecule has 100 valence electrons. The van der Waals surface area contributed by atoms with Gasteiger partial charge in [-0.15, -0.1) is 12.3 Å². The zero-order chi connectivity index (χ0) is 14.1. The van der Waals surface area contributed by atoms with Crippen LogP contribution in [0, 0.1) is 12.3 Å². The number of carboxylic acid groups (broad SMARTS) is 1. The number of nitrogens with two attached hydrogens (primary N) is 1. The molecule has 0 bridgehead atoms. The highest BCUT2D eigenvalue weighted by molar-refractivity contribution is 5.87. The maximum Gasteiger partial charge on any atom is 0.326 e. The summed E-state index contributed by atoms with van der Waals surface area (Å²) >= 11 is 0. The zero-order valence-corrected chi connectivity index (χ0v) is 10.0. The van der Waals surface area contributed by atoms with Gasteiger partial charge in [-0.2, -0.15) is 0 Å². The molecule has 0 aliphatic carbocycles. The minimum atomic E-state index is -1.25. The number of hydrogen-bond donors (Lipinski definition) is 3. The molecule has 0 aliphatic rings. The van der Waals surface area contributed by atoms with Crippen molar-refractivity contribution in [3.05, 3.63) is 0 Å². The normalized spacial score (nSPS) is 12.9. The molecular weight excluding hydrogens is 240 g/mol. The van der Waals surface area contributed by atoms with Gasteiger partial charge in [0.05, 0.1) is 13.2 Å². The van der Waals surface area contributed by atoms with Crippen LogP contribution in [0.4, 0.5) is 0 Å². The Bertz CT molecular complexity index is 361. The van der Waals surface area contributed by atoms with Crippen molar-refractivity contribution in [3.8, 4) is 12.3 Å². The van der Waals surface area contributed by atoms with E-state index in [4.69, 9.17) is 17.3 Å². The highest BCUT2D eigenvalue weighted by atomic mass is 16.5. The maximum absolute atomic E-state index is 11.5. The maximum atomic E-state index is 11.5. The first-order valence-corrected chi connectivity index (χ1v) is 5.21. The van der Waals surface area contributed by atoms with Crippen molar-refractivity contribution < 1.29 is 24.2 Å². The highest BCUT2D eigenvalue weighted by Crippen LogP contribution is 2.00. The van der Waals surface area contributed by atoms with Gasteiger partial charge in [-0.25, -0.2) is 4.79 Å². The van der Waals surface area contributed by atoms with E-state index in [1.807, 2.05) is 0 Å². The molecular formula is C11H16N2O5. The Morgan fingerprint density at radius 1 is 1.50 bits per heavy atom. The van der Waals surface area contributed by atoms with Gasteiger partial charge in [-0.3, -0.25) is 9.59 Å². The molecule has 0 spiro atoms. The Morgan fingerprint density at radius 3 is 2.56 bits per heavy atom. The summed E-state index contributed by atoms with van der Waals surface area (Å²) in [5.74, 6) is -0.261. The highest BCUT2D eigenvalue weighted by Gasteiger charge is 2.23. The van der Waals surface area contributed by atoms with E-state index in [2.05, 4.69) is 16.0 Å². The van der Waals surface area contributed by atoms with E-state index in [1.54, 1.807) is 0 Å². The van der Waals surface area contributed by atoms with Gasteiger partial charge >= 0.3 is 11.9 Å². The third-order valence-corrected chi connectivity index (χ3v) is 2.15. The first-order valence-electron chi connectivity index (χ1n) is 5.21. The van der Waals surface area contributed by atoms with E-state index in [-0.39, 0.29) is 19.3 Å². The van der Waals surface area contributed by atoms with Crippen LogP contribution in [0.2, 0.25) is 0 Å². The second kappa shape index (κ2) is 8.08. The Morgan fingerprint density at radius 2 is 2.11 bits per heavy atom. The van der Waals surface area contributed by atoms with Crippen molar-refractivity contribution in [2.75, 3.05) is 7.11 Å². The number of nitrogens with one attached hydrogen (secondary N) is 1. The standard InChI is InChI=1S/C11H16N2O5/c1-3-4-7(12)10(15)13-8(11(16)17)5-6-9(14)18-2/h1,7-8H,4-6,12H2,2H3,(H,13,15)(H,16,17). The summed E-state index contributed by atoms with van der Waals surface area (Å²) in [6.07, 6.45) is 4.81. The molecule has 0 radical (unpaired) electrons. The minimum Gasteiger partial charge on any atom is -0.480 e. The van der Waals surface area contributed by atoms with E-state index in [1.165, 1.54) is 7.11 Å². The average Bonchev–Trinajstić information content (AvgIpc) is 2.33.